The van der Waals surface area contributed by atoms with Crippen molar-refractivity contribution >= 4 is 33.7 Å². The number of likely N-dealkylation sites (tertiary alicyclic amines) is 1. The van der Waals surface area contributed by atoms with E-state index in [1.54, 1.807) is 4.90 Å². The zero-order valence-electron chi connectivity index (χ0n) is 30.8. The molecule has 4 atom stereocenters. The zero-order valence-corrected chi connectivity index (χ0v) is 31.6. The molecule has 2 aliphatic rings. The van der Waals surface area contributed by atoms with Crippen LogP contribution in [0.3, 0.4) is 0 Å². The lowest BCUT2D eigenvalue weighted by atomic mass is 9.72. The van der Waals surface area contributed by atoms with Gasteiger partial charge in [0.2, 0.25) is 33.7 Å². The fourth-order valence-corrected chi connectivity index (χ4v) is 7.89. The van der Waals surface area contributed by atoms with Gasteiger partial charge in [-0.2, -0.15) is 0 Å². The van der Waals surface area contributed by atoms with Crippen molar-refractivity contribution in [2.24, 2.45) is 22.8 Å². The zero-order chi connectivity index (χ0) is 37.9. The maximum atomic E-state index is 13.9. The topological polar surface area (TPSA) is 197 Å². The molecule has 0 saturated carbocycles. The molecule has 7 N–H and O–H groups in total. The van der Waals surface area contributed by atoms with Crippen molar-refractivity contribution in [2.45, 2.75) is 89.4 Å². The Kier molecular flexibility index (Phi) is 14.8. The van der Waals surface area contributed by atoms with Crippen LogP contribution in [0.25, 0.3) is 0 Å². The van der Waals surface area contributed by atoms with Gasteiger partial charge in [0.25, 0.3) is 0 Å². The van der Waals surface area contributed by atoms with Crippen molar-refractivity contribution in [3.05, 3.63) is 71.8 Å². The third kappa shape index (κ3) is 11.8. The molecule has 13 nitrogen and oxygen atoms in total. The van der Waals surface area contributed by atoms with E-state index in [9.17, 15) is 27.6 Å². The number of nitrogens with zero attached hydrogens (tertiary/aromatic N) is 2. The third-order valence-corrected chi connectivity index (χ3v) is 11.4. The van der Waals surface area contributed by atoms with E-state index in [4.69, 9.17) is 11.5 Å². The summed E-state index contributed by atoms with van der Waals surface area (Å²) < 4.78 is 25.5. The highest BCUT2D eigenvalue weighted by atomic mass is 32.2. The van der Waals surface area contributed by atoms with Crippen LogP contribution in [0.15, 0.2) is 60.7 Å². The van der Waals surface area contributed by atoms with Gasteiger partial charge in [-0.05, 0) is 68.5 Å². The van der Waals surface area contributed by atoms with Gasteiger partial charge in [0, 0.05) is 38.0 Å². The Hall–Kier alpha value is -3.85. The number of benzene rings is 2. The van der Waals surface area contributed by atoms with Crippen molar-refractivity contribution < 1.29 is 27.6 Å². The van der Waals surface area contributed by atoms with Crippen molar-refractivity contribution in [1.82, 2.24) is 25.2 Å². The highest BCUT2D eigenvalue weighted by Gasteiger charge is 2.49. The molecule has 1 spiro atoms. The molecule has 52 heavy (non-hydrogen) atoms. The Labute approximate surface area is 308 Å². The minimum atomic E-state index is -3.26. The SMILES string of the molecule is CC(C)CC(NC(=O)C(Cc1ccccc1)NC(=O)C(N)Cc1ccccc1)C(=O)NC(CCCCN)C(=O)N1CC2(CCN(S(C)(=O)=O)CC2)C1. The average Bonchev–Trinajstić information content (AvgIpc) is 3.09. The lowest BCUT2D eigenvalue weighted by Gasteiger charge is -2.54. The first-order valence-corrected chi connectivity index (χ1v) is 20.2. The van der Waals surface area contributed by atoms with Gasteiger partial charge < -0.3 is 32.3 Å². The molecule has 4 amide bonds. The first-order chi connectivity index (χ1) is 24.7. The predicted molar refractivity (Wildman–Crippen MR) is 201 cm³/mol. The smallest absolute Gasteiger partial charge is 0.245 e. The van der Waals surface area contributed by atoms with E-state index >= 15 is 0 Å². The average molecular weight is 740 g/mol. The van der Waals surface area contributed by atoms with E-state index in [0.29, 0.717) is 77.7 Å². The molecule has 2 aliphatic heterocycles. The molecular formula is C38H57N7O6S. The van der Waals surface area contributed by atoms with Gasteiger partial charge >= 0.3 is 0 Å². The van der Waals surface area contributed by atoms with Gasteiger partial charge in [-0.15, -0.1) is 0 Å². The second kappa shape index (κ2) is 18.8. The first kappa shape index (κ1) is 40.9. The Bertz CT molecular complexity index is 1590. The fourth-order valence-electron chi connectivity index (χ4n) is 7.04. The number of unbranched alkanes of at least 4 members (excludes halogenated alkanes) is 1. The Morgan fingerprint density at radius 1 is 0.769 bits per heavy atom. The number of piperidine rings is 1. The Balaban J connectivity index is 1.44. The predicted octanol–water partition coefficient (Wildman–Crippen LogP) is 1.31. The normalized spacial score (nSPS) is 18.2. The Morgan fingerprint density at radius 2 is 1.29 bits per heavy atom. The van der Waals surface area contributed by atoms with E-state index in [0.717, 1.165) is 11.1 Å². The molecule has 286 valence electrons. The second-order valence-corrected chi connectivity index (χ2v) is 16.9. The van der Waals surface area contributed by atoms with Crippen LogP contribution >= 0.6 is 0 Å². The maximum Gasteiger partial charge on any atom is 0.245 e. The summed E-state index contributed by atoms with van der Waals surface area (Å²) in [5.74, 6) is -1.66. The summed E-state index contributed by atoms with van der Waals surface area (Å²) in [4.78, 5) is 56.7. The first-order valence-electron chi connectivity index (χ1n) is 18.4. The number of amides is 4. The molecule has 2 fully saturated rings. The van der Waals surface area contributed by atoms with E-state index in [2.05, 4.69) is 16.0 Å². The van der Waals surface area contributed by atoms with Crippen LogP contribution in [0.2, 0.25) is 0 Å². The number of hydrogen-bond donors (Lipinski definition) is 5. The lowest BCUT2D eigenvalue weighted by Crippen LogP contribution is -2.65. The minimum absolute atomic E-state index is 0.0249. The van der Waals surface area contributed by atoms with Gasteiger partial charge in [0.05, 0.1) is 12.3 Å². The minimum Gasteiger partial charge on any atom is -0.343 e. The molecule has 2 aromatic carbocycles. The summed E-state index contributed by atoms with van der Waals surface area (Å²) in [6.45, 7) is 6.21. The third-order valence-electron chi connectivity index (χ3n) is 10.1. The Morgan fingerprint density at radius 3 is 1.83 bits per heavy atom. The quantitative estimate of drug-likeness (QED) is 0.141. The van der Waals surface area contributed by atoms with Crippen LogP contribution in [0.5, 0.6) is 0 Å². The van der Waals surface area contributed by atoms with E-state index < -0.39 is 51.9 Å². The van der Waals surface area contributed by atoms with Crippen LogP contribution in [0.1, 0.15) is 63.5 Å². The van der Waals surface area contributed by atoms with Gasteiger partial charge in [0.15, 0.2) is 0 Å². The molecule has 4 unspecified atom stereocenters. The number of nitrogens with one attached hydrogen (secondary N) is 3. The van der Waals surface area contributed by atoms with E-state index in [-0.39, 0.29) is 23.7 Å². The lowest BCUT2D eigenvalue weighted by molar-refractivity contribution is -0.150. The van der Waals surface area contributed by atoms with Gasteiger partial charge in [-0.25, -0.2) is 12.7 Å². The van der Waals surface area contributed by atoms with Crippen molar-refractivity contribution in [3.63, 3.8) is 0 Å². The number of carbonyl (C=O) groups is 4. The van der Waals surface area contributed by atoms with Crippen molar-refractivity contribution in [3.8, 4) is 0 Å². The molecular weight excluding hydrogens is 683 g/mol. The van der Waals surface area contributed by atoms with Crippen LogP contribution in [0.4, 0.5) is 0 Å². The van der Waals surface area contributed by atoms with Crippen LogP contribution in [-0.4, -0.2) is 104 Å². The molecule has 4 rings (SSSR count). The molecule has 14 heteroatoms. The number of carbonyl (C=O) groups excluding carboxylic acids is 4. The van der Waals surface area contributed by atoms with Gasteiger partial charge in [-0.3, -0.25) is 19.2 Å². The molecule has 2 heterocycles. The van der Waals surface area contributed by atoms with Gasteiger partial charge in [-0.1, -0.05) is 74.5 Å². The molecule has 0 bridgehead atoms. The summed E-state index contributed by atoms with van der Waals surface area (Å²) in [7, 11) is -3.26. The van der Waals surface area contributed by atoms with E-state index in [1.807, 2.05) is 74.5 Å². The highest BCUT2D eigenvalue weighted by Crippen LogP contribution is 2.41. The summed E-state index contributed by atoms with van der Waals surface area (Å²) in [5.41, 5.74) is 13.6. The largest absolute Gasteiger partial charge is 0.343 e. The summed E-state index contributed by atoms with van der Waals surface area (Å²) in [6.07, 6.45) is 5.06. The summed E-state index contributed by atoms with van der Waals surface area (Å²) in [6, 6.07) is 15.0. The number of nitrogens with two attached hydrogens (primary N) is 2. The van der Waals surface area contributed by atoms with Crippen LogP contribution < -0.4 is 27.4 Å². The molecule has 0 aromatic heterocycles. The van der Waals surface area contributed by atoms with Crippen molar-refractivity contribution in [1.29, 1.82) is 0 Å². The van der Waals surface area contributed by atoms with Gasteiger partial charge in [0.1, 0.15) is 18.1 Å². The van der Waals surface area contributed by atoms with Crippen LogP contribution in [-0.2, 0) is 42.0 Å². The number of sulfonamides is 1. The maximum absolute atomic E-state index is 13.9. The molecule has 0 aliphatic carbocycles. The fraction of sp³-hybridized carbons (Fsp3) is 0.579. The second-order valence-electron chi connectivity index (χ2n) is 14.9. The molecule has 2 aromatic rings. The highest BCUT2D eigenvalue weighted by molar-refractivity contribution is 7.88. The standard InChI is InChI=1S/C38H57N7O6S/c1-27(2)22-32(43-36(48)33(24-29-14-8-5-9-15-29)42-34(46)30(40)23-28-12-6-4-7-13-28)35(47)41-31(16-10-11-19-39)37(49)44-25-38(26-44)17-20-45(21-18-38)52(3,50)51/h4-9,12-15,27,30-33H,10-11,16-26,39-40H2,1-3H3,(H,41,47)(H,42,46)(H,43,48). The number of hydrogen-bond acceptors (Lipinski definition) is 8. The van der Waals surface area contributed by atoms with Crippen LogP contribution in [0, 0.1) is 11.3 Å². The number of rotatable bonds is 18. The molecule has 2 saturated heterocycles. The molecule has 0 radical (unpaired) electrons. The van der Waals surface area contributed by atoms with Crippen molar-refractivity contribution in [2.75, 3.05) is 39.0 Å². The summed E-state index contributed by atoms with van der Waals surface area (Å²) in [5, 5.41) is 8.67. The van der Waals surface area contributed by atoms with E-state index in [1.165, 1.54) is 10.6 Å². The monoisotopic (exact) mass is 739 g/mol. The summed E-state index contributed by atoms with van der Waals surface area (Å²) >= 11 is 0.